The quantitative estimate of drug-likeness (QED) is 0.781. The van der Waals surface area contributed by atoms with Crippen LogP contribution < -0.4 is 5.32 Å². The summed E-state index contributed by atoms with van der Waals surface area (Å²) in [6.07, 6.45) is 6.04. The molecule has 1 amide bonds. The number of nitrogens with zero attached hydrogens (tertiary/aromatic N) is 2. The molecule has 7 nitrogen and oxygen atoms in total. The average Bonchev–Trinajstić information content (AvgIpc) is 3.11. The predicted molar refractivity (Wildman–Crippen MR) is 102 cm³/mol. The first-order chi connectivity index (χ1) is 12.9. The van der Waals surface area contributed by atoms with Crippen LogP contribution in [0.15, 0.2) is 40.9 Å². The maximum absolute atomic E-state index is 12.2. The van der Waals surface area contributed by atoms with Crippen molar-refractivity contribution in [2.75, 3.05) is 19.3 Å². The maximum Gasteiger partial charge on any atom is 0.220 e. The van der Waals surface area contributed by atoms with Crippen molar-refractivity contribution in [1.29, 1.82) is 0 Å². The number of carbonyl (C=O) groups excluding carboxylic acids is 1. The maximum atomic E-state index is 12.2. The summed E-state index contributed by atoms with van der Waals surface area (Å²) in [6.45, 7) is 0.879. The van der Waals surface area contributed by atoms with Crippen LogP contribution in [0.25, 0.3) is 11.3 Å². The molecule has 1 fully saturated rings. The molecule has 8 heteroatoms. The summed E-state index contributed by atoms with van der Waals surface area (Å²) in [5.74, 6) is 1.27. The number of amides is 1. The van der Waals surface area contributed by atoms with E-state index in [0.29, 0.717) is 38.2 Å². The Balaban J connectivity index is 1.43. The largest absolute Gasteiger partial charge is 0.441 e. The minimum Gasteiger partial charge on any atom is -0.441 e. The highest BCUT2D eigenvalue weighted by atomic mass is 32.2. The van der Waals surface area contributed by atoms with Gasteiger partial charge in [-0.15, -0.1) is 0 Å². The molecule has 0 radical (unpaired) electrons. The predicted octanol–water partition coefficient (Wildman–Crippen LogP) is 2.20. The lowest BCUT2D eigenvalue weighted by Crippen LogP contribution is -2.49. The van der Waals surface area contributed by atoms with Crippen molar-refractivity contribution >= 4 is 15.9 Å². The van der Waals surface area contributed by atoms with Crippen LogP contribution in [0.2, 0.25) is 0 Å². The van der Waals surface area contributed by atoms with Gasteiger partial charge in [0.2, 0.25) is 15.9 Å². The fraction of sp³-hybridized carbons (Fsp3) is 0.474. The molecule has 0 bridgehead atoms. The van der Waals surface area contributed by atoms with Gasteiger partial charge in [-0.2, -0.15) is 0 Å². The second-order valence-electron chi connectivity index (χ2n) is 6.87. The molecule has 1 aliphatic heterocycles. The molecule has 1 saturated heterocycles. The number of carbonyl (C=O) groups is 1. The van der Waals surface area contributed by atoms with Crippen molar-refractivity contribution < 1.29 is 17.6 Å². The topological polar surface area (TPSA) is 92.5 Å². The van der Waals surface area contributed by atoms with E-state index in [9.17, 15) is 13.2 Å². The molecule has 3 rings (SSSR count). The van der Waals surface area contributed by atoms with E-state index in [4.69, 9.17) is 4.42 Å². The molecule has 1 aromatic heterocycles. The van der Waals surface area contributed by atoms with E-state index in [0.717, 1.165) is 24.2 Å². The molecule has 1 N–H and O–H groups in total. The van der Waals surface area contributed by atoms with Crippen LogP contribution in [-0.2, 0) is 21.2 Å². The van der Waals surface area contributed by atoms with E-state index < -0.39 is 10.0 Å². The van der Waals surface area contributed by atoms with Crippen LogP contribution in [0.1, 0.15) is 31.6 Å². The molecular weight excluding hydrogens is 366 g/mol. The lowest BCUT2D eigenvalue weighted by atomic mass is 10.1. The molecule has 27 heavy (non-hydrogen) atoms. The van der Waals surface area contributed by atoms with E-state index in [1.54, 1.807) is 6.20 Å². The van der Waals surface area contributed by atoms with Gasteiger partial charge >= 0.3 is 0 Å². The van der Waals surface area contributed by atoms with Crippen molar-refractivity contribution in [2.45, 2.75) is 38.1 Å². The highest BCUT2D eigenvalue weighted by Crippen LogP contribution is 2.20. The van der Waals surface area contributed by atoms with Crippen molar-refractivity contribution in [3.63, 3.8) is 0 Å². The molecule has 0 saturated carbocycles. The summed E-state index contributed by atoms with van der Waals surface area (Å²) in [4.78, 5) is 16.4. The number of hydrogen-bond acceptors (Lipinski definition) is 5. The Morgan fingerprint density at radius 3 is 2.85 bits per heavy atom. The third-order valence-corrected chi connectivity index (χ3v) is 5.89. The first-order valence-electron chi connectivity index (χ1n) is 9.16. The zero-order valence-electron chi connectivity index (χ0n) is 15.4. The van der Waals surface area contributed by atoms with E-state index >= 15 is 0 Å². The number of aromatic nitrogens is 1. The molecule has 146 valence electrons. The Morgan fingerprint density at radius 1 is 1.33 bits per heavy atom. The zero-order chi connectivity index (χ0) is 19.3. The molecule has 2 heterocycles. The second kappa shape index (κ2) is 8.67. The van der Waals surface area contributed by atoms with Crippen LogP contribution in [0.4, 0.5) is 0 Å². The van der Waals surface area contributed by atoms with Crippen molar-refractivity contribution in [3.8, 4) is 11.3 Å². The normalized spacial score (nSPS) is 18.3. The first kappa shape index (κ1) is 19.6. The van der Waals surface area contributed by atoms with Gasteiger partial charge in [-0.1, -0.05) is 30.3 Å². The minimum absolute atomic E-state index is 0.0646. The third kappa shape index (κ3) is 5.64. The molecule has 1 atom stereocenters. The van der Waals surface area contributed by atoms with Gasteiger partial charge in [-0.25, -0.2) is 17.7 Å². The summed E-state index contributed by atoms with van der Waals surface area (Å²) in [6, 6.07) is 9.63. The lowest BCUT2D eigenvalue weighted by Gasteiger charge is -2.31. The number of sulfonamides is 1. The number of oxazole rings is 1. The van der Waals surface area contributed by atoms with Gasteiger partial charge in [0.05, 0.1) is 12.5 Å². The molecular formula is C19H25N3O4S. The number of benzene rings is 1. The molecule has 1 aromatic carbocycles. The van der Waals surface area contributed by atoms with Crippen LogP contribution in [0.5, 0.6) is 0 Å². The SMILES string of the molecule is CS(=O)(=O)N1CCC[C@H](NC(=O)CCCc2ncc(-c3ccccc3)o2)C1. The lowest BCUT2D eigenvalue weighted by molar-refractivity contribution is -0.122. The molecule has 0 spiro atoms. The summed E-state index contributed by atoms with van der Waals surface area (Å²) in [5.41, 5.74) is 0.974. The van der Waals surface area contributed by atoms with Crippen LogP contribution in [-0.4, -0.2) is 49.0 Å². The van der Waals surface area contributed by atoms with Gasteiger partial charge in [0.1, 0.15) is 0 Å². The highest BCUT2D eigenvalue weighted by Gasteiger charge is 2.26. The van der Waals surface area contributed by atoms with Crippen LogP contribution >= 0.6 is 0 Å². The van der Waals surface area contributed by atoms with Crippen molar-refractivity contribution in [2.24, 2.45) is 0 Å². The van der Waals surface area contributed by atoms with Crippen molar-refractivity contribution in [3.05, 3.63) is 42.4 Å². The highest BCUT2D eigenvalue weighted by molar-refractivity contribution is 7.88. The number of piperidine rings is 1. The number of aryl methyl sites for hydroxylation is 1. The standard InChI is InChI=1S/C19H25N3O4S/c1-27(24,25)22-12-6-9-16(14-22)21-18(23)10-5-11-19-20-13-17(26-19)15-7-3-2-4-8-15/h2-4,7-8,13,16H,5-6,9-12,14H2,1H3,(H,21,23)/t16-/m0/s1. The Kier molecular flexibility index (Phi) is 6.28. The average molecular weight is 391 g/mol. The number of rotatable bonds is 7. The first-order valence-corrected chi connectivity index (χ1v) is 11.0. The van der Waals surface area contributed by atoms with E-state index in [-0.39, 0.29) is 11.9 Å². The van der Waals surface area contributed by atoms with Crippen LogP contribution in [0.3, 0.4) is 0 Å². The van der Waals surface area contributed by atoms with Gasteiger partial charge < -0.3 is 9.73 Å². The van der Waals surface area contributed by atoms with Gasteiger partial charge in [0.15, 0.2) is 11.7 Å². The minimum atomic E-state index is -3.21. The molecule has 0 aliphatic carbocycles. The Hall–Kier alpha value is -2.19. The molecule has 1 aliphatic rings. The van der Waals surface area contributed by atoms with Crippen LogP contribution in [0, 0.1) is 0 Å². The molecule has 0 unspecified atom stereocenters. The van der Waals surface area contributed by atoms with Gasteiger partial charge in [0.25, 0.3) is 0 Å². The Labute approximate surface area is 159 Å². The fourth-order valence-corrected chi connectivity index (χ4v) is 4.13. The van der Waals surface area contributed by atoms with Gasteiger partial charge in [0, 0.05) is 37.5 Å². The molecule has 2 aromatic rings. The summed E-state index contributed by atoms with van der Waals surface area (Å²) in [7, 11) is -3.21. The summed E-state index contributed by atoms with van der Waals surface area (Å²) >= 11 is 0. The van der Waals surface area contributed by atoms with E-state index in [2.05, 4.69) is 10.3 Å². The number of hydrogen-bond donors (Lipinski definition) is 1. The summed E-state index contributed by atoms with van der Waals surface area (Å²) < 4.78 is 30.5. The fourth-order valence-electron chi connectivity index (χ4n) is 3.22. The Morgan fingerprint density at radius 2 is 2.11 bits per heavy atom. The number of nitrogens with one attached hydrogen (secondary N) is 1. The van der Waals surface area contributed by atoms with Gasteiger partial charge in [-0.05, 0) is 19.3 Å². The monoisotopic (exact) mass is 391 g/mol. The third-order valence-electron chi connectivity index (χ3n) is 4.62. The van der Waals surface area contributed by atoms with Crippen molar-refractivity contribution in [1.82, 2.24) is 14.6 Å². The van der Waals surface area contributed by atoms with Gasteiger partial charge in [-0.3, -0.25) is 4.79 Å². The second-order valence-corrected chi connectivity index (χ2v) is 8.85. The summed E-state index contributed by atoms with van der Waals surface area (Å²) in [5, 5.41) is 2.94. The zero-order valence-corrected chi connectivity index (χ0v) is 16.2. The van der Waals surface area contributed by atoms with E-state index in [1.165, 1.54) is 10.6 Å². The van der Waals surface area contributed by atoms with E-state index in [1.807, 2.05) is 30.3 Å². The smallest absolute Gasteiger partial charge is 0.220 e. The Bertz CT molecular complexity index is 864.